The highest BCUT2D eigenvalue weighted by molar-refractivity contribution is 7.86. The SMILES string of the molecule is Cc1ccc(OS(C)(=O)=O)c(C(CCOS(C)(=O)=O)c2ccccc2)c1. The van der Waals surface area contributed by atoms with Crippen LogP contribution in [0, 0.1) is 6.92 Å². The lowest BCUT2D eigenvalue weighted by atomic mass is 9.87. The summed E-state index contributed by atoms with van der Waals surface area (Å²) in [6.45, 7) is 1.87. The zero-order valence-corrected chi connectivity index (χ0v) is 16.5. The minimum atomic E-state index is -3.70. The topological polar surface area (TPSA) is 86.7 Å². The molecule has 2 aromatic carbocycles. The lowest BCUT2D eigenvalue weighted by Gasteiger charge is -2.21. The van der Waals surface area contributed by atoms with Crippen LogP contribution in [0.25, 0.3) is 0 Å². The van der Waals surface area contributed by atoms with Crippen molar-refractivity contribution in [2.75, 3.05) is 19.1 Å². The van der Waals surface area contributed by atoms with Crippen molar-refractivity contribution < 1.29 is 25.2 Å². The molecule has 0 N–H and O–H groups in total. The fourth-order valence-corrected chi connectivity index (χ4v) is 3.56. The van der Waals surface area contributed by atoms with Crippen molar-refractivity contribution in [1.29, 1.82) is 0 Å². The van der Waals surface area contributed by atoms with E-state index in [1.165, 1.54) is 0 Å². The smallest absolute Gasteiger partial charge is 0.306 e. The number of rotatable bonds is 8. The summed E-state index contributed by atoms with van der Waals surface area (Å²) in [5.74, 6) is -0.0547. The Hall–Kier alpha value is -1.90. The first-order valence-electron chi connectivity index (χ1n) is 7.94. The highest BCUT2D eigenvalue weighted by atomic mass is 32.2. The molecule has 142 valence electrons. The van der Waals surface area contributed by atoms with Crippen molar-refractivity contribution in [3.05, 3.63) is 65.2 Å². The van der Waals surface area contributed by atoms with E-state index in [2.05, 4.69) is 0 Å². The molecule has 0 aliphatic carbocycles. The van der Waals surface area contributed by atoms with Crippen molar-refractivity contribution >= 4 is 20.2 Å². The summed E-state index contributed by atoms with van der Waals surface area (Å²) in [4.78, 5) is 0. The Labute approximate surface area is 155 Å². The standard InChI is InChI=1S/C18H22O6S2/c1-14-9-10-18(24-26(3,21)22)17(13-14)16(11-12-23-25(2,19)20)15-7-5-4-6-8-15/h4-10,13,16H,11-12H2,1-3H3. The van der Waals surface area contributed by atoms with Gasteiger partial charge in [-0.05, 0) is 25.0 Å². The van der Waals surface area contributed by atoms with Crippen LogP contribution in [0.5, 0.6) is 5.75 Å². The average Bonchev–Trinajstić information content (AvgIpc) is 2.52. The molecular weight excluding hydrogens is 376 g/mol. The van der Waals surface area contributed by atoms with Crippen LogP contribution < -0.4 is 4.18 Å². The molecule has 0 bridgehead atoms. The van der Waals surface area contributed by atoms with Gasteiger partial charge in [-0.15, -0.1) is 0 Å². The van der Waals surface area contributed by atoms with Gasteiger partial charge in [0.15, 0.2) is 0 Å². The second-order valence-corrected chi connectivity index (χ2v) is 9.33. The van der Waals surface area contributed by atoms with Crippen LogP contribution >= 0.6 is 0 Å². The van der Waals surface area contributed by atoms with Crippen molar-refractivity contribution in [3.8, 4) is 5.75 Å². The number of hydrogen-bond acceptors (Lipinski definition) is 6. The molecule has 6 nitrogen and oxygen atoms in total. The fourth-order valence-electron chi connectivity index (χ4n) is 2.68. The van der Waals surface area contributed by atoms with E-state index in [1.54, 1.807) is 12.1 Å². The van der Waals surface area contributed by atoms with Crippen LogP contribution in [0.1, 0.15) is 29.0 Å². The third kappa shape index (κ3) is 6.44. The molecule has 1 atom stereocenters. The number of benzene rings is 2. The van der Waals surface area contributed by atoms with Gasteiger partial charge in [-0.25, -0.2) is 0 Å². The molecule has 26 heavy (non-hydrogen) atoms. The van der Waals surface area contributed by atoms with Crippen molar-refractivity contribution in [1.82, 2.24) is 0 Å². The summed E-state index contributed by atoms with van der Waals surface area (Å²) in [5.41, 5.74) is 2.51. The molecule has 0 saturated heterocycles. The van der Waals surface area contributed by atoms with E-state index in [0.29, 0.717) is 12.0 Å². The zero-order valence-electron chi connectivity index (χ0n) is 14.9. The first-order valence-corrected chi connectivity index (χ1v) is 11.6. The molecule has 0 spiro atoms. The Balaban J connectivity index is 2.46. The van der Waals surface area contributed by atoms with Gasteiger partial charge < -0.3 is 4.18 Å². The largest absolute Gasteiger partial charge is 0.382 e. The summed E-state index contributed by atoms with van der Waals surface area (Å²) < 4.78 is 55.8. The maximum atomic E-state index is 11.6. The Bertz CT molecular complexity index is 950. The first kappa shape index (κ1) is 20.4. The summed E-state index contributed by atoms with van der Waals surface area (Å²) >= 11 is 0. The molecule has 2 aromatic rings. The maximum Gasteiger partial charge on any atom is 0.306 e. The first-order chi connectivity index (χ1) is 12.1. The van der Waals surface area contributed by atoms with Crippen LogP contribution in [0.4, 0.5) is 0 Å². The van der Waals surface area contributed by atoms with E-state index in [0.717, 1.165) is 23.6 Å². The van der Waals surface area contributed by atoms with E-state index in [1.807, 2.05) is 43.3 Å². The predicted molar refractivity (Wildman–Crippen MR) is 100 cm³/mol. The normalized spacial score (nSPS) is 13.3. The molecule has 0 aromatic heterocycles. The van der Waals surface area contributed by atoms with Crippen LogP contribution in [0.15, 0.2) is 48.5 Å². The Morgan fingerprint density at radius 1 is 0.923 bits per heavy atom. The van der Waals surface area contributed by atoms with E-state index in [9.17, 15) is 16.8 Å². The molecule has 8 heteroatoms. The zero-order chi connectivity index (χ0) is 19.4. The monoisotopic (exact) mass is 398 g/mol. The second-order valence-electron chi connectivity index (χ2n) is 6.11. The average molecular weight is 399 g/mol. The summed E-state index contributed by atoms with van der Waals surface area (Å²) in [6.07, 6.45) is 2.33. The second kappa shape index (κ2) is 8.20. The summed E-state index contributed by atoms with van der Waals surface area (Å²) in [7, 11) is -7.26. The number of aryl methyl sites for hydroxylation is 1. The van der Waals surface area contributed by atoms with Crippen LogP contribution in [0.2, 0.25) is 0 Å². The fraction of sp³-hybridized carbons (Fsp3) is 0.333. The van der Waals surface area contributed by atoms with E-state index in [-0.39, 0.29) is 18.3 Å². The highest BCUT2D eigenvalue weighted by Crippen LogP contribution is 2.35. The van der Waals surface area contributed by atoms with E-state index < -0.39 is 20.2 Å². The van der Waals surface area contributed by atoms with Crippen LogP contribution in [-0.4, -0.2) is 36.0 Å². The summed E-state index contributed by atoms with van der Waals surface area (Å²) in [6, 6.07) is 14.6. The quantitative estimate of drug-likeness (QED) is 0.636. The molecule has 0 aliphatic rings. The third-order valence-electron chi connectivity index (χ3n) is 3.69. The third-order valence-corrected chi connectivity index (χ3v) is 4.76. The van der Waals surface area contributed by atoms with Crippen molar-refractivity contribution in [2.45, 2.75) is 19.3 Å². The molecular formula is C18H22O6S2. The highest BCUT2D eigenvalue weighted by Gasteiger charge is 2.21. The Morgan fingerprint density at radius 2 is 1.58 bits per heavy atom. The van der Waals surface area contributed by atoms with E-state index >= 15 is 0 Å². The summed E-state index contributed by atoms with van der Waals surface area (Å²) in [5, 5.41) is 0. The van der Waals surface area contributed by atoms with Crippen molar-refractivity contribution in [3.63, 3.8) is 0 Å². The lowest BCUT2D eigenvalue weighted by Crippen LogP contribution is -2.13. The van der Waals surface area contributed by atoms with Gasteiger partial charge in [0.25, 0.3) is 10.1 Å². The molecule has 1 unspecified atom stereocenters. The molecule has 0 radical (unpaired) electrons. The molecule has 0 saturated carbocycles. The van der Waals surface area contributed by atoms with Gasteiger partial charge >= 0.3 is 10.1 Å². The Morgan fingerprint density at radius 3 is 2.15 bits per heavy atom. The molecule has 0 amide bonds. The Kier molecular flexibility index (Phi) is 6.44. The van der Waals surface area contributed by atoms with Gasteiger partial charge in [-0.1, -0.05) is 48.0 Å². The molecule has 0 heterocycles. The van der Waals surface area contributed by atoms with Gasteiger partial charge in [0.1, 0.15) is 5.75 Å². The predicted octanol–water partition coefficient (Wildman–Crippen LogP) is 2.83. The van der Waals surface area contributed by atoms with Crippen LogP contribution in [-0.2, 0) is 24.4 Å². The molecule has 0 aliphatic heterocycles. The van der Waals surface area contributed by atoms with E-state index in [4.69, 9.17) is 8.37 Å². The van der Waals surface area contributed by atoms with Crippen LogP contribution in [0.3, 0.4) is 0 Å². The van der Waals surface area contributed by atoms with Gasteiger partial charge in [-0.2, -0.15) is 16.8 Å². The van der Waals surface area contributed by atoms with Gasteiger partial charge in [0.05, 0.1) is 19.1 Å². The maximum absolute atomic E-state index is 11.6. The molecule has 2 rings (SSSR count). The minimum Gasteiger partial charge on any atom is -0.382 e. The minimum absolute atomic E-state index is 0.0232. The van der Waals surface area contributed by atoms with Gasteiger partial charge in [0, 0.05) is 11.5 Å². The van der Waals surface area contributed by atoms with Gasteiger partial charge in [-0.3, -0.25) is 4.18 Å². The van der Waals surface area contributed by atoms with Gasteiger partial charge in [0.2, 0.25) is 0 Å². The molecule has 0 fully saturated rings. The van der Waals surface area contributed by atoms with Crippen molar-refractivity contribution in [2.24, 2.45) is 0 Å². The lowest BCUT2D eigenvalue weighted by molar-refractivity contribution is 0.308. The number of hydrogen-bond donors (Lipinski definition) is 0.